The zero-order valence-electron chi connectivity index (χ0n) is 11.6. The van der Waals surface area contributed by atoms with Gasteiger partial charge in [-0.3, -0.25) is 0 Å². The lowest BCUT2D eigenvalue weighted by Crippen LogP contribution is -2.34. The topological polar surface area (TPSA) is 49.4 Å². The molecule has 18 heavy (non-hydrogen) atoms. The fraction of sp³-hybridized carbons (Fsp3) is 0.667. The molecule has 0 fully saturated rings. The number of aryl methyl sites for hydroxylation is 1. The Morgan fingerprint density at radius 1 is 1.50 bits per heavy atom. The van der Waals surface area contributed by atoms with Crippen LogP contribution in [0.2, 0.25) is 0 Å². The van der Waals surface area contributed by atoms with E-state index in [1.54, 1.807) is 13.1 Å². The van der Waals surface area contributed by atoms with Crippen molar-refractivity contribution in [1.82, 2.24) is 9.62 Å². The van der Waals surface area contributed by atoms with Crippen molar-refractivity contribution in [1.29, 1.82) is 0 Å². The summed E-state index contributed by atoms with van der Waals surface area (Å²) in [5.74, 6) is 0. The van der Waals surface area contributed by atoms with Crippen LogP contribution in [0.15, 0.2) is 10.3 Å². The first kappa shape index (κ1) is 15.6. The molecule has 1 rings (SSSR count). The standard InChI is InChI=1S/C12H22N2O2S2/c1-6-10(3)14(5)18(15,16)12-7-9(2)11(17-12)8-13-4/h7,10,13H,6,8H2,1-5H3. The van der Waals surface area contributed by atoms with Crippen LogP contribution in [0, 0.1) is 6.92 Å². The highest BCUT2D eigenvalue weighted by atomic mass is 32.2. The van der Waals surface area contributed by atoms with Crippen LogP contribution in [0.5, 0.6) is 0 Å². The molecule has 0 aromatic carbocycles. The maximum Gasteiger partial charge on any atom is 0.252 e. The lowest BCUT2D eigenvalue weighted by atomic mass is 10.3. The van der Waals surface area contributed by atoms with E-state index in [0.717, 1.165) is 16.9 Å². The Bertz CT molecular complexity index is 494. The molecule has 1 aromatic rings. The van der Waals surface area contributed by atoms with Crippen molar-refractivity contribution in [3.8, 4) is 0 Å². The van der Waals surface area contributed by atoms with Crippen LogP contribution >= 0.6 is 11.3 Å². The third-order valence-electron chi connectivity index (χ3n) is 3.18. The fourth-order valence-electron chi connectivity index (χ4n) is 1.59. The van der Waals surface area contributed by atoms with Gasteiger partial charge in [-0.2, -0.15) is 4.31 Å². The van der Waals surface area contributed by atoms with Crippen molar-refractivity contribution in [2.45, 2.75) is 44.0 Å². The molecule has 0 amide bonds. The number of nitrogens with zero attached hydrogens (tertiary/aromatic N) is 1. The molecule has 4 nitrogen and oxygen atoms in total. The third kappa shape index (κ3) is 3.12. The maximum atomic E-state index is 12.4. The monoisotopic (exact) mass is 290 g/mol. The van der Waals surface area contributed by atoms with Gasteiger partial charge in [0.25, 0.3) is 10.0 Å². The van der Waals surface area contributed by atoms with Gasteiger partial charge in [0.15, 0.2) is 0 Å². The van der Waals surface area contributed by atoms with Crippen LogP contribution in [0.25, 0.3) is 0 Å². The van der Waals surface area contributed by atoms with Crippen LogP contribution in [0.1, 0.15) is 30.7 Å². The molecule has 0 saturated carbocycles. The Hall–Kier alpha value is -0.430. The largest absolute Gasteiger partial charge is 0.315 e. The molecule has 6 heteroatoms. The number of rotatable bonds is 6. The SMILES string of the molecule is CCC(C)N(C)S(=O)(=O)c1cc(C)c(CNC)s1. The average Bonchev–Trinajstić information content (AvgIpc) is 2.70. The summed E-state index contributed by atoms with van der Waals surface area (Å²) in [5, 5.41) is 3.05. The van der Waals surface area contributed by atoms with E-state index in [9.17, 15) is 8.42 Å². The molecule has 1 unspecified atom stereocenters. The van der Waals surface area contributed by atoms with Gasteiger partial charge in [-0.05, 0) is 38.9 Å². The van der Waals surface area contributed by atoms with Gasteiger partial charge < -0.3 is 5.32 Å². The summed E-state index contributed by atoms with van der Waals surface area (Å²) in [4.78, 5) is 1.08. The van der Waals surface area contributed by atoms with Crippen molar-refractivity contribution < 1.29 is 8.42 Å². The Morgan fingerprint density at radius 3 is 2.61 bits per heavy atom. The maximum absolute atomic E-state index is 12.4. The summed E-state index contributed by atoms with van der Waals surface area (Å²) in [5.41, 5.74) is 1.03. The molecular formula is C12H22N2O2S2. The summed E-state index contributed by atoms with van der Waals surface area (Å²) in [6, 6.07) is 1.79. The van der Waals surface area contributed by atoms with Crippen molar-refractivity contribution in [2.24, 2.45) is 0 Å². The zero-order valence-corrected chi connectivity index (χ0v) is 13.3. The molecule has 0 aliphatic carbocycles. The molecule has 0 aliphatic heterocycles. The number of hydrogen-bond acceptors (Lipinski definition) is 4. The van der Waals surface area contributed by atoms with E-state index >= 15 is 0 Å². The van der Waals surface area contributed by atoms with E-state index in [4.69, 9.17) is 0 Å². The molecule has 1 atom stereocenters. The molecule has 0 spiro atoms. The number of hydrogen-bond donors (Lipinski definition) is 1. The van der Waals surface area contributed by atoms with Gasteiger partial charge in [-0.15, -0.1) is 11.3 Å². The minimum Gasteiger partial charge on any atom is -0.315 e. The highest BCUT2D eigenvalue weighted by molar-refractivity contribution is 7.91. The van der Waals surface area contributed by atoms with Crippen LogP contribution < -0.4 is 5.32 Å². The van der Waals surface area contributed by atoms with Gasteiger partial charge in [0.05, 0.1) is 0 Å². The molecule has 1 N–H and O–H groups in total. The van der Waals surface area contributed by atoms with Gasteiger partial charge in [0.1, 0.15) is 4.21 Å². The van der Waals surface area contributed by atoms with Gasteiger partial charge in [-0.25, -0.2) is 8.42 Å². The highest BCUT2D eigenvalue weighted by Crippen LogP contribution is 2.29. The predicted molar refractivity (Wildman–Crippen MR) is 76.5 cm³/mol. The smallest absolute Gasteiger partial charge is 0.252 e. The number of sulfonamides is 1. The van der Waals surface area contributed by atoms with E-state index in [1.165, 1.54) is 15.6 Å². The van der Waals surface area contributed by atoms with Crippen molar-refractivity contribution in [3.63, 3.8) is 0 Å². The summed E-state index contributed by atoms with van der Waals surface area (Å²) in [7, 11) is 0.163. The van der Waals surface area contributed by atoms with Crippen LogP contribution in [0.4, 0.5) is 0 Å². The second-order valence-corrected chi connectivity index (χ2v) is 7.84. The lowest BCUT2D eigenvalue weighted by molar-refractivity contribution is 0.381. The van der Waals surface area contributed by atoms with Crippen molar-refractivity contribution in [3.05, 3.63) is 16.5 Å². The van der Waals surface area contributed by atoms with E-state index in [-0.39, 0.29) is 6.04 Å². The Morgan fingerprint density at radius 2 is 2.11 bits per heavy atom. The van der Waals surface area contributed by atoms with E-state index in [0.29, 0.717) is 10.8 Å². The molecule has 0 saturated heterocycles. The number of nitrogens with one attached hydrogen (secondary N) is 1. The predicted octanol–water partition coefficient (Wildman–Crippen LogP) is 2.19. The third-order valence-corrected chi connectivity index (χ3v) is 6.84. The second kappa shape index (κ2) is 6.14. The summed E-state index contributed by atoms with van der Waals surface area (Å²) >= 11 is 1.36. The first-order chi connectivity index (χ1) is 8.34. The van der Waals surface area contributed by atoms with Crippen molar-refractivity contribution in [2.75, 3.05) is 14.1 Å². The first-order valence-corrected chi connectivity index (χ1v) is 8.32. The summed E-state index contributed by atoms with van der Waals surface area (Å²) in [6.45, 7) is 6.57. The normalized spacial score (nSPS) is 14.1. The first-order valence-electron chi connectivity index (χ1n) is 6.06. The van der Waals surface area contributed by atoms with Gasteiger partial charge in [0, 0.05) is 24.5 Å². The van der Waals surface area contributed by atoms with Crippen molar-refractivity contribution >= 4 is 21.4 Å². The summed E-state index contributed by atoms with van der Waals surface area (Å²) in [6.07, 6.45) is 0.809. The van der Waals surface area contributed by atoms with Gasteiger partial charge in [-0.1, -0.05) is 6.92 Å². The zero-order chi connectivity index (χ0) is 13.9. The average molecular weight is 290 g/mol. The van der Waals surface area contributed by atoms with Gasteiger partial charge >= 0.3 is 0 Å². The molecule has 0 bridgehead atoms. The second-order valence-electron chi connectivity index (χ2n) is 4.48. The van der Waals surface area contributed by atoms with E-state index < -0.39 is 10.0 Å². The Kier molecular flexibility index (Phi) is 5.33. The van der Waals surface area contributed by atoms with Crippen LogP contribution in [0.3, 0.4) is 0 Å². The molecule has 104 valence electrons. The van der Waals surface area contributed by atoms with Crippen LogP contribution in [-0.2, 0) is 16.6 Å². The van der Waals surface area contributed by atoms with E-state index in [2.05, 4.69) is 5.32 Å². The van der Waals surface area contributed by atoms with Crippen LogP contribution in [-0.4, -0.2) is 32.9 Å². The molecule has 0 aliphatic rings. The molecule has 0 radical (unpaired) electrons. The Balaban J connectivity index is 3.09. The minimum atomic E-state index is -3.35. The lowest BCUT2D eigenvalue weighted by Gasteiger charge is -2.22. The molecular weight excluding hydrogens is 268 g/mol. The molecule has 1 heterocycles. The minimum absolute atomic E-state index is 0.0187. The van der Waals surface area contributed by atoms with Gasteiger partial charge in [0.2, 0.25) is 0 Å². The summed E-state index contributed by atoms with van der Waals surface area (Å²) < 4.78 is 26.7. The number of thiophene rings is 1. The Labute approximate surface area is 114 Å². The fourth-order valence-corrected chi connectivity index (χ4v) is 4.81. The quantitative estimate of drug-likeness (QED) is 0.874. The van der Waals surface area contributed by atoms with E-state index in [1.807, 2.05) is 27.8 Å². The highest BCUT2D eigenvalue weighted by Gasteiger charge is 2.26. The molecule has 1 aromatic heterocycles.